The van der Waals surface area contributed by atoms with Crippen LogP contribution in [0.4, 0.5) is 5.69 Å². The minimum atomic E-state index is -0.166. The summed E-state index contributed by atoms with van der Waals surface area (Å²) < 4.78 is 10.7. The van der Waals surface area contributed by atoms with E-state index in [0.29, 0.717) is 23.6 Å². The van der Waals surface area contributed by atoms with Gasteiger partial charge in [0.25, 0.3) is 0 Å². The van der Waals surface area contributed by atoms with E-state index in [1.807, 2.05) is 43.4 Å². The van der Waals surface area contributed by atoms with Crippen LogP contribution in [0.1, 0.15) is 15.9 Å². The van der Waals surface area contributed by atoms with Crippen LogP contribution in [0.25, 0.3) is 0 Å². The lowest BCUT2D eigenvalue weighted by molar-refractivity contribution is 0.104. The summed E-state index contributed by atoms with van der Waals surface area (Å²) in [5.41, 5.74) is 2.41. The van der Waals surface area contributed by atoms with Gasteiger partial charge in [-0.05, 0) is 29.8 Å². The van der Waals surface area contributed by atoms with Gasteiger partial charge in [-0.2, -0.15) is 0 Å². The molecule has 0 aliphatic carbocycles. The Balaban J connectivity index is 2.46. The van der Waals surface area contributed by atoms with Crippen LogP contribution in [0.15, 0.2) is 55.1 Å². The summed E-state index contributed by atoms with van der Waals surface area (Å²) in [5.74, 6) is 0.977. The molecule has 0 heterocycles. The van der Waals surface area contributed by atoms with Gasteiger partial charge in [-0.15, -0.1) is 0 Å². The van der Waals surface area contributed by atoms with Crippen LogP contribution < -0.4 is 14.4 Å². The van der Waals surface area contributed by atoms with Crippen molar-refractivity contribution in [2.75, 3.05) is 26.2 Å². The molecule has 0 unspecified atom stereocenters. The standard InChI is InChI=1S/C19H21NO3/c1-5-17(21)19-14(11-16(22-3)12-18(19)23-4)13-20(2)15-9-7-6-8-10-15/h5-12H,1,13H2,2-4H3. The smallest absolute Gasteiger partial charge is 0.189 e. The van der Waals surface area contributed by atoms with Gasteiger partial charge in [-0.1, -0.05) is 24.8 Å². The van der Waals surface area contributed by atoms with E-state index in [1.165, 1.54) is 6.08 Å². The summed E-state index contributed by atoms with van der Waals surface area (Å²) in [7, 11) is 5.11. The highest BCUT2D eigenvalue weighted by atomic mass is 16.5. The molecule has 2 aromatic carbocycles. The highest BCUT2D eigenvalue weighted by Gasteiger charge is 2.18. The Morgan fingerprint density at radius 1 is 1.17 bits per heavy atom. The Hall–Kier alpha value is -2.75. The summed E-state index contributed by atoms with van der Waals surface area (Å²) in [5, 5.41) is 0. The number of ether oxygens (including phenoxy) is 2. The van der Waals surface area contributed by atoms with Gasteiger partial charge in [0.15, 0.2) is 5.78 Å². The second-order valence-corrected chi connectivity index (χ2v) is 5.12. The Morgan fingerprint density at radius 2 is 1.87 bits per heavy atom. The molecule has 0 spiro atoms. The van der Waals surface area contributed by atoms with E-state index < -0.39 is 0 Å². The summed E-state index contributed by atoms with van der Waals surface area (Å²) in [6.45, 7) is 4.13. The van der Waals surface area contributed by atoms with E-state index in [1.54, 1.807) is 20.3 Å². The molecule has 0 saturated carbocycles. The molecule has 0 N–H and O–H groups in total. The summed E-state index contributed by atoms with van der Waals surface area (Å²) in [4.78, 5) is 14.3. The van der Waals surface area contributed by atoms with E-state index in [-0.39, 0.29) is 5.78 Å². The van der Waals surface area contributed by atoms with Crippen LogP contribution in [0.5, 0.6) is 11.5 Å². The third-order valence-electron chi connectivity index (χ3n) is 3.65. The molecule has 0 saturated heterocycles. The lowest BCUT2D eigenvalue weighted by atomic mass is 10.0. The maximum absolute atomic E-state index is 12.3. The average molecular weight is 311 g/mol. The third-order valence-corrected chi connectivity index (χ3v) is 3.65. The van der Waals surface area contributed by atoms with Gasteiger partial charge in [-0.3, -0.25) is 4.79 Å². The lowest BCUT2D eigenvalue weighted by Gasteiger charge is -2.22. The summed E-state index contributed by atoms with van der Waals surface area (Å²) >= 11 is 0. The number of allylic oxidation sites excluding steroid dienone is 1. The number of hydrogen-bond donors (Lipinski definition) is 0. The maximum atomic E-state index is 12.3. The van der Waals surface area contributed by atoms with Crippen molar-refractivity contribution in [2.45, 2.75) is 6.54 Å². The fraction of sp³-hybridized carbons (Fsp3) is 0.211. The Labute approximate surface area is 137 Å². The van der Waals surface area contributed by atoms with Crippen molar-refractivity contribution < 1.29 is 14.3 Å². The molecule has 0 atom stereocenters. The quantitative estimate of drug-likeness (QED) is 0.577. The van der Waals surface area contributed by atoms with E-state index in [2.05, 4.69) is 11.5 Å². The highest BCUT2D eigenvalue weighted by molar-refractivity contribution is 6.07. The monoisotopic (exact) mass is 311 g/mol. The molecule has 120 valence electrons. The zero-order chi connectivity index (χ0) is 16.8. The zero-order valence-electron chi connectivity index (χ0n) is 13.7. The van der Waals surface area contributed by atoms with Gasteiger partial charge in [0.05, 0.1) is 19.8 Å². The van der Waals surface area contributed by atoms with E-state index in [0.717, 1.165) is 11.3 Å². The number of benzene rings is 2. The zero-order valence-corrected chi connectivity index (χ0v) is 13.7. The molecular weight excluding hydrogens is 290 g/mol. The Morgan fingerprint density at radius 3 is 2.43 bits per heavy atom. The maximum Gasteiger partial charge on any atom is 0.189 e. The molecule has 23 heavy (non-hydrogen) atoms. The van der Waals surface area contributed by atoms with Crippen LogP contribution in [0.3, 0.4) is 0 Å². The van der Waals surface area contributed by atoms with Gasteiger partial charge in [0, 0.05) is 25.3 Å². The number of carbonyl (C=O) groups is 1. The fourth-order valence-corrected chi connectivity index (χ4v) is 2.46. The minimum Gasteiger partial charge on any atom is -0.497 e. The molecule has 0 aromatic heterocycles. The highest BCUT2D eigenvalue weighted by Crippen LogP contribution is 2.31. The van der Waals surface area contributed by atoms with Crippen LogP contribution in [0.2, 0.25) is 0 Å². The molecule has 2 aromatic rings. The van der Waals surface area contributed by atoms with Crippen molar-refractivity contribution in [1.29, 1.82) is 0 Å². The third kappa shape index (κ3) is 3.72. The number of para-hydroxylation sites is 1. The Bertz CT molecular complexity index is 695. The molecule has 2 rings (SSSR count). The Kier molecular flexibility index (Phi) is 5.41. The first kappa shape index (κ1) is 16.6. The molecule has 0 aliphatic heterocycles. The number of anilines is 1. The average Bonchev–Trinajstić information content (AvgIpc) is 2.60. The van der Waals surface area contributed by atoms with Crippen molar-refractivity contribution in [3.05, 3.63) is 66.2 Å². The molecule has 4 heteroatoms. The largest absolute Gasteiger partial charge is 0.497 e. The minimum absolute atomic E-state index is 0.166. The van der Waals surface area contributed by atoms with Crippen LogP contribution in [-0.4, -0.2) is 27.1 Å². The first-order valence-electron chi connectivity index (χ1n) is 7.28. The van der Waals surface area contributed by atoms with Crippen LogP contribution in [0, 0.1) is 0 Å². The van der Waals surface area contributed by atoms with Crippen molar-refractivity contribution in [3.8, 4) is 11.5 Å². The van der Waals surface area contributed by atoms with E-state index in [4.69, 9.17) is 9.47 Å². The lowest BCUT2D eigenvalue weighted by Crippen LogP contribution is -2.18. The second-order valence-electron chi connectivity index (χ2n) is 5.12. The SMILES string of the molecule is C=CC(=O)c1c(CN(C)c2ccccc2)cc(OC)cc1OC. The normalized spacial score (nSPS) is 10.0. The predicted octanol–water partition coefficient (Wildman–Crippen LogP) is 3.71. The molecule has 4 nitrogen and oxygen atoms in total. The number of rotatable bonds is 7. The topological polar surface area (TPSA) is 38.8 Å². The number of hydrogen-bond acceptors (Lipinski definition) is 4. The summed E-state index contributed by atoms with van der Waals surface area (Å²) in [6, 6.07) is 13.5. The van der Waals surface area contributed by atoms with Gasteiger partial charge >= 0.3 is 0 Å². The van der Waals surface area contributed by atoms with Crippen LogP contribution in [-0.2, 0) is 6.54 Å². The van der Waals surface area contributed by atoms with Gasteiger partial charge in [0.2, 0.25) is 0 Å². The van der Waals surface area contributed by atoms with Crippen molar-refractivity contribution in [3.63, 3.8) is 0 Å². The van der Waals surface area contributed by atoms with E-state index in [9.17, 15) is 4.79 Å². The van der Waals surface area contributed by atoms with Gasteiger partial charge in [0.1, 0.15) is 11.5 Å². The molecule has 0 radical (unpaired) electrons. The first-order valence-corrected chi connectivity index (χ1v) is 7.28. The molecule has 0 aliphatic rings. The van der Waals surface area contributed by atoms with Crippen molar-refractivity contribution in [2.24, 2.45) is 0 Å². The summed E-state index contributed by atoms with van der Waals surface area (Å²) in [6.07, 6.45) is 1.30. The number of nitrogens with zero attached hydrogens (tertiary/aromatic N) is 1. The molecular formula is C19H21NO3. The van der Waals surface area contributed by atoms with E-state index >= 15 is 0 Å². The molecule has 0 amide bonds. The fourth-order valence-electron chi connectivity index (χ4n) is 2.46. The molecule has 0 fully saturated rings. The van der Waals surface area contributed by atoms with Crippen molar-refractivity contribution >= 4 is 11.5 Å². The first-order chi connectivity index (χ1) is 11.1. The predicted molar refractivity (Wildman–Crippen MR) is 92.6 cm³/mol. The van der Waals surface area contributed by atoms with Crippen molar-refractivity contribution in [1.82, 2.24) is 0 Å². The van der Waals surface area contributed by atoms with Crippen LogP contribution >= 0.6 is 0 Å². The number of ketones is 1. The molecule has 0 bridgehead atoms. The second kappa shape index (κ2) is 7.49. The van der Waals surface area contributed by atoms with Gasteiger partial charge < -0.3 is 14.4 Å². The number of carbonyl (C=O) groups excluding carboxylic acids is 1. The number of methoxy groups -OCH3 is 2. The van der Waals surface area contributed by atoms with Gasteiger partial charge in [-0.25, -0.2) is 0 Å².